The maximum atomic E-state index is 11.7. The van der Waals surface area contributed by atoms with E-state index in [1.165, 1.54) is 11.3 Å². The Labute approximate surface area is 126 Å². The van der Waals surface area contributed by atoms with Crippen LogP contribution in [0.2, 0.25) is 0 Å². The van der Waals surface area contributed by atoms with Gasteiger partial charge in [0.05, 0.1) is 0 Å². The van der Waals surface area contributed by atoms with Gasteiger partial charge in [-0.25, -0.2) is 0 Å². The Hall–Kier alpha value is -2.15. The number of rotatable bonds is 4. The van der Waals surface area contributed by atoms with Crippen LogP contribution in [0.5, 0.6) is 11.5 Å². The standard InChI is InChI=1S/C14H15N3O3S/c1-8(2)5-12(18)15-14-17-16-13(21-14)9-3-4-10-11(6-9)20-7-19-10/h3-4,6,8H,5,7H2,1-2H3,(H,15,17,18). The quantitative estimate of drug-likeness (QED) is 0.940. The molecule has 0 radical (unpaired) electrons. The Bertz CT molecular complexity index is 669. The number of aromatic nitrogens is 2. The zero-order valence-corrected chi connectivity index (χ0v) is 12.6. The molecule has 6 nitrogen and oxygen atoms in total. The van der Waals surface area contributed by atoms with Gasteiger partial charge < -0.3 is 14.8 Å². The molecule has 1 aliphatic rings. The first-order chi connectivity index (χ1) is 10.1. The molecule has 3 rings (SSSR count). The molecule has 0 saturated carbocycles. The van der Waals surface area contributed by atoms with E-state index in [4.69, 9.17) is 9.47 Å². The summed E-state index contributed by atoms with van der Waals surface area (Å²) in [6, 6.07) is 5.60. The molecule has 1 aromatic carbocycles. The number of hydrogen-bond acceptors (Lipinski definition) is 6. The van der Waals surface area contributed by atoms with E-state index in [-0.39, 0.29) is 12.7 Å². The summed E-state index contributed by atoms with van der Waals surface area (Å²) in [6.07, 6.45) is 0.471. The lowest BCUT2D eigenvalue weighted by atomic mass is 10.1. The van der Waals surface area contributed by atoms with Crippen molar-refractivity contribution in [3.05, 3.63) is 18.2 Å². The van der Waals surface area contributed by atoms with Crippen molar-refractivity contribution in [2.24, 2.45) is 5.92 Å². The van der Waals surface area contributed by atoms with Crippen LogP contribution in [0.25, 0.3) is 10.6 Å². The molecule has 0 saturated heterocycles. The molecule has 0 fully saturated rings. The largest absolute Gasteiger partial charge is 0.454 e. The minimum atomic E-state index is -0.0432. The zero-order chi connectivity index (χ0) is 14.8. The van der Waals surface area contributed by atoms with Gasteiger partial charge in [-0.2, -0.15) is 0 Å². The second-order valence-electron chi connectivity index (χ2n) is 5.13. The Morgan fingerprint density at radius 3 is 2.95 bits per heavy atom. The third-order valence-electron chi connectivity index (χ3n) is 2.88. The molecule has 0 atom stereocenters. The number of anilines is 1. The summed E-state index contributed by atoms with van der Waals surface area (Å²) < 4.78 is 10.6. The molecule has 2 heterocycles. The molecular weight excluding hydrogens is 290 g/mol. The van der Waals surface area contributed by atoms with Crippen molar-refractivity contribution >= 4 is 22.4 Å². The van der Waals surface area contributed by atoms with Gasteiger partial charge in [0.2, 0.25) is 17.8 Å². The van der Waals surface area contributed by atoms with Crippen molar-refractivity contribution in [2.75, 3.05) is 12.1 Å². The molecule has 21 heavy (non-hydrogen) atoms. The lowest BCUT2D eigenvalue weighted by Crippen LogP contribution is -2.13. The first-order valence-corrected chi connectivity index (χ1v) is 7.47. The highest BCUT2D eigenvalue weighted by molar-refractivity contribution is 7.18. The van der Waals surface area contributed by atoms with Crippen molar-refractivity contribution in [3.8, 4) is 22.1 Å². The average molecular weight is 305 g/mol. The van der Waals surface area contributed by atoms with Crippen molar-refractivity contribution in [1.82, 2.24) is 10.2 Å². The maximum Gasteiger partial charge on any atom is 0.231 e. The van der Waals surface area contributed by atoms with Crippen LogP contribution in [0.4, 0.5) is 5.13 Å². The summed E-state index contributed by atoms with van der Waals surface area (Å²) >= 11 is 1.34. The first-order valence-electron chi connectivity index (χ1n) is 6.65. The molecule has 110 valence electrons. The maximum absolute atomic E-state index is 11.7. The number of hydrogen-bond donors (Lipinski definition) is 1. The minimum absolute atomic E-state index is 0.0432. The van der Waals surface area contributed by atoms with Crippen LogP contribution in [-0.4, -0.2) is 22.9 Å². The van der Waals surface area contributed by atoms with Crippen molar-refractivity contribution in [3.63, 3.8) is 0 Å². The predicted octanol–water partition coefficient (Wildman–Crippen LogP) is 2.92. The van der Waals surface area contributed by atoms with Crippen LogP contribution in [0, 0.1) is 5.92 Å². The summed E-state index contributed by atoms with van der Waals surface area (Å²) in [7, 11) is 0. The van der Waals surface area contributed by atoms with Crippen molar-refractivity contribution in [1.29, 1.82) is 0 Å². The fourth-order valence-electron chi connectivity index (χ4n) is 1.96. The number of carbonyl (C=O) groups is 1. The molecular formula is C14H15N3O3S. The van der Waals surface area contributed by atoms with Crippen molar-refractivity contribution in [2.45, 2.75) is 20.3 Å². The van der Waals surface area contributed by atoms with Gasteiger partial charge in [-0.1, -0.05) is 25.2 Å². The van der Waals surface area contributed by atoms with Gasteiger partial charge in [0.25, 0.3) is 0 Å². The SMILES string of the molecule is CC(C)CC(=O)Nc1nnc(-c2ccc3c(c2)OCO3)s1. The highest BCUT2D eigenvalue weighted by Crippen LogP contribution is 2.37. The molecule has 1 aliphatic heterocycles. The molecule has 1 N–H and O–H groups in total. The molecule has 0 spiro atoms. The second-order valence-corrected chi connectivity index (χ2v) is 6.10. The van der Waals surface area contributed by atoms with Gasteiger partial charge in [-0.15, -0.1) is 10.2 Å². The average Bonchev–Trinajstić information content (AvgIpc) is 3.04. The van der Waals surface area contributed by atoms with E-state index < -0.39 is 0 Å². The normalized spacial score (nSPS) is 12.7. The van der Waals surface area contributed by atoms with Gasteiger partial charge in [0.1, 0.15) is 5.01 Å². The number of ether oxygens (including phenoxy) is 2. The molecule has 7 heteroatoms. The summed E-state index contributed by atoms with van der Waals surface area (Å²) in [5.41, 5.74) is 0.890. The van der Waals surface area contributed by atoms with Gasteiger partial charge in [0, 0.05) is 12.0 Å². The summed E-state index contributed by atoms with van der Waals surface area (Å²) in [6.45, 7) is 4.24. The number of carbonyl (C=O) groups excluding carboxylic acids is 1. The van der Waals surface area contributed by atoms with E-state index in [2.05, 4.69) is 15.5 Å². The molecule has 0 bridgehead atoms. The number of nitrogens with zero attached hydrogens (tertiary/aromatic N) is 2. The van der Waals surface area contributed by atoms with Crippen LogP contribution in [0.15, 0.2) is 18.2 Å². The number of nitrogens with one attached hydrogen (secondary N) is 1. The lowest BCUT2D eigenvalue weighted by Gasteiger charge is -2.02. The minimum Gasteiger partial charge on any atom is -0.454 e. The van der Waals surface area contributed by atoms with E-state index in [0.717, 1.165) is 16.3 Å². The Balaban J connectivity index is 1.74. The van der Waals surface area contributed by atoms with Gasteiger partial charge in [-0.05, 0) is 24.1 Å². The smallest absolute Gasteiger partial charge is 0.231 e. The van der Waals surface area contributed by atoms with E-state index in [1.807, 2.05) is 32.0 Å². The van der Waals surface area contributed by atoms with Gasteiger partial charge in [-0.3, -0.25) is 4.79 Å². The number of benzene rings is 1. The van der Waals surface area contributed by atoms with Gasteiger partial charge >= 0.3 is 0 Å². The molecule has 2 aromatic rings. The molecule has 0 unspecified atom stereocenters. The van der Waals surface area contributed by atoms with Gasteiger partial charge in [0.15, 0.2) is 11.5 Å². The van der Waals surface area contributed by atoms with Crippen molar-refractivity contribution < 1.29 is 14.3 Å². The summed E-state index contributed by atoms with van der Waals surface area (Å²) in [5, 5.41) is 12.1. The zero-order valence-electron chi connectivity index (χ0n) is 11.8. The Kier molecular flexibility index (Phi) is 3.74. The number of fused-ring (bicyclic) bond motifs is 1. The predicted molar refractivity (Wildman–Crippen MR) is 79.6 cm³/mol. The first kappa shape index (κ1) is 13.8. The van der Waals surface area contributed by atoms with E-state index in [1.54, 1.807) is 0 Å². The van der Waals surface area contributed by atoms with Crippen LogP contribution >= 0.6 is 11.3 Å². The lowest BCUT2D eigenvalue weighted by molar-refractivity contribution is -0.116. The van der Waals surface area contributed by atoms with E-state index in [0.29, 0.717) is 23.2 Å². The highest BCUT2D eigenvalue weighted by atomic mass is 32.1. The second kappa shape index (κ2) is 5.69. The highest BCUT2D eigenvalue weighted by Gasteiger charge is 2.16. The van der Waals surface area contributed by atoms with E-state index in [9.17, 15) is 4.79 Å². The van der Waals surface area contributed by atoms with Crippen LogP contribution in [0.3, 0.4) is 0 Å². The van der Waals surface area contributed by atoms with Crippen LogP contribution in [-0.2, 0) is 4.79 Å². The Morgan fingerprint density at radius 2 is 2.14 bits per heavy atom. The third-order valence-corrected chi connectivity index (χ3v) is 3.77. The topological polar surface area (TPSA) is 73.3 Å². The van der Waals surface area contributed by atoms with Crippen LogP contribution in [0.1, 0.15) is 20.3 Å². The fourth-order valence-corrected chi connectivity index (χ4v) is 2.72. The summed E-state index contributed by atoms with van der Waals surface area (Å²) in [4.78, 5) is 11.7. The monoisotopic (exact) mass is 305 g/mol. The molecule has 0 aliphatic carbocycles. The number of amides is 1. The third kappa shape index (κ3) is 3.13. The fraction of sp³-hybridized carbons (Fsp3) is 0.357. The van der Waals surface area contributed by atoms with Crippen LogP contribution < -0.4 is 14.8 Å². The Morgan fingerprint density at radius 1 is 1.33 bits per heavy atom. The van der Waals surface area contributed by atoms with E-state index >= 15 is 0 Å². The molecule has 1 aromatic heterocycles. The summed E-state index contributed by atoms with van der Waals surface area (Å²) in [5.74, 6) is 1.70. The molecule has 1 amide bonds.